The molecule has 1 heterocycles. The van der Waals surface area contributed by atoms with Crippen LogP contribution in [0.5, 0.6) is 0 Å². The van der Waals surface area contributed by atoms with Crippen molar-refractivity contribution in [3.05, 3.63) is 59.5 Å². The highest BCUT2D eigenvalue weighted by atomic mass is 16.3. The number of carbonyl (C=O) groups is 1. The maximum absolute atomic E-state index is 12.4. The Morgan fingerprint density at radius 2 is 2.11 bits per heavy atom. The van der Waals surface area contributed by atoms with Crippen LogP contribution in [0, 0.1) is 11.8 Å². The van der Waals surface area contributed by atoms with E-state index in [9.17, 15) is 4.79 Å². The van der Waals surface area contributed by atoms with Crippen LogP contribution in [0.4, 0.5) is 0 Å². The van der Waals surface area contributed by atoms with Gasteiger partial charge in [0.25, 0.3) is 0 Å². The van der Waals surface area contributed by atoms with Gasteiger partial charge in [-0.3, -0.25) is 4.79 Å². The van der Waals surface area contributed by atoms with Gasteiger partial charge in [0.05, 0.1) is 12.7 Å². The van der Waals surface area contributed by atoms with Crippen LogP contribution in [0.3, 0.4) is 0 Å². The molecule has 1 fully saturated rings. The van der Waals surface area contributed by atoms with Gasteiger partial charge < -0.3 is 4.42 Å². The Balaban J connectivity index is 1.55. The van der Waals surface area contributed by atoms with Crippen molar-refractivity contribution in [2.45, 2.75) is 25.2 Å². The van der Waals surface area contributed by atoms with Crippen molar-refractivity contribution in [3.63, 3.8) is 0 Å². The summed E-state index contributed by atoms with van der Waals surface area (Å²) in [6.07, 6.45) is 4.38. The standard InChI is InChI=1S/C17H16O2/c18-15(10-12-5-3-9-19-12)17-14-8-7-11-4-1-2-6-13(11)16(14)17/h1-6,9,14,16-17H,7-8,10H2. The zero-order valence-corrected chi connectivity index (χ0v) is 10.7. The fourth-order valence-corrected chi connectivity index (χ4v) is 3.71. The van der Waals surface area contributed by atoms with Crippen LogP contribution in [0.1, 0.15) is 29.2 Å². The molecular formula is C17H16O2. The zero-order chi connectivity index (χ0) is 12.8. The van der Waals surface area contributed by atoms with E-state index in [2.05, 4.69) is 24.3 Å². The third-order valence-electron chi connectivity index (χ3n) is 4.63. The first kappa shape index (κ1) is 11.0. The fourth-order valence-electron chi connectivity index (χ4n) is 3.71. The van der Waals surface area contributed by atoms with Gasteiger partial charge in [-0.25, -0.2) is 0 Å². The van der Waals surface area contributed by atoms with Crippen LogP contribution >= 0.6 is 0 Å². The molecule has 1 saturated carbocycles. The van der Waals surface area contributed by atoms with Crippen LogP contribution in [0.2, 0.25) is 0 Å². The summed E-state index contributed by atoms with van der Waals surface area (Å²) < 4.78 is 5.28. The van der Waals surface area contributed by atoms with Crippen molar-refractivity contribution in [2.75, 3.05) is 0 Å². The molecule has 0 spiro atoms. The number of hydrogen-bond donors (Lipinski definition) is 0. The number of aryl methyl sites for hydroxylation is 1. The topological polar surface area (TPSA) is 30.2 Å². The van der Waals surface area contributed by atoms with Crippen molar-refractivity contribution >= 4 is 5.78 Å². The van der Waals surface area contributed by atoms with E-state index in [1.165, 1.54) is 11.1 Å². The van der Waals surface area contributed by atoms with E-state index < -0.39 is 0 Å². The lowest BCUT2D eigenvalue weighted by molar-refractivity contribution is -0.120. The molecule has 1 aromatic carbocycles. The van der Waals surface area contributed by atoms with E-state index in [4.69, 9.17) is 4.42 Å². The molecule has 1 aromatic heterocycles. The molecular weight excluding hydrogens is 236 g/mol. The minimum absolute atomic E-state index is 0.230. The highest BCUT2D eigenvalue weighted by Crippen LogP contribution is 2.60. The molecule has 2 aromatic rings. The lowest BCUT2D eigenvalue weighted by Crippen LogP contribution is -2.06. The molecule has 2 aliphatic carbocycles. The monoisotopic (exact) mass is 252 g/mol. The van der Waals surface area contributed by atoms with E-state index in [0.717, 1.165) is 18.6 Å². The summed E-state index contributed by atoms with van der Waals surface area (Å²) in [6.45, 7) is 0. The van der Waals surface area contributed by atoms with Gasteiger partial charge in [0.15, 0.2) is 0 Å². The average molecular weight is 252 g/mol. The number of fused-ring (bicyclic) bond motifs is 3. The largest absolute Gasteiger partial charge is 0.469 e. The summed E-state index contributed by atoms with van der Waals surface area (Å²) in [4.78, 5) is 12.4. The van der Waals surface area contributed by atoms with Gasteiger partial charge in [0.2, 0.25) is 0 Å². The first-order chi connectivity index (χ1) is 9.34. The molecule has 0 saturated heterocycles. The van der Waals surface area contributed by atoms with E-state index in [1.54, 1.807) is 6.26 Å². The molecule has 96 valence electrons. The lowest BCUT2D eigenvalue weighted by Gasteiger charge is -2.13. The highest BCUT2D eigenvalue weighted by Gasteiger charge is 2.56. The van der Waals surface area contributed by atoms with Crippen LogP contribution in [-0.4, -0.2) is 5.78 Å². The molecule has 2 aliphatic rings. The smallest absolute Gasteiger partial charge is 0.144 e. The second kappa shape index (κ2) is 4.09. The first-order valence-corrected chi connectivity index (χ1v) is 6.97. The molecule has 3 atom stereocenters. The van der Waals surface area contributed by atoms with E-state index in [0.29, 0.717) is 24.0 Å². The average Bonchev–Trinajstić information content (AvgIpc) is 2.98. The minimum Gasteiger partial charge on any atom is -0.469 e. The summed E-state index contributed by atoms with van der Waals surface area (Å²) in [5.41, 5.74) is 2.86. The van der Waals surface area contributed by atoms with Gasteiger partial charge in [-0.1, -0.05) is 24.3 Å². The maximum atomic E-state index is 12.4. The number of carbonyl (C=O) groups excluding carboxylic acids is 1. The van der Waals surface area contributed by atoms with Gasteiger partial charge in [-0.15, -0.1) is 0 Å². The van der Waals surface area contributed by atoms with Gasteiger partial charge in [-0.05, 0) is 47.9 Å². The minimum atomic E-state index is 0.230. The SMILES string of the molecule is O=C(Cc1ccco1)C1C2CCc3ccccc3C21. The summed E-state index contributed by atoms with van der Waals surface area (Å²) in [5.74, 6) is 2.43. The first-order valence-electron chi connectivity index (χ1n) is 6.97. The predicted molar refractivity (Wildman–Crippen MR) is 71.9 cm³/mol. The molecule has 0 amide bonds. The normalized spacial score (nSPS) is 27.5. The lowest BCUT2D eigenvalue weighted by atomic mass is 9.92. The van der Waals surface area contributed by atoms with Gasteiger partial charge in [0.1, 0.15) is 11.5 Å². The predicted octanol–water partition coefficient (Wildman–Crippen LogP) is 3.37. The molecule has 0 aliphatic heterocycles. The summed E-state index contributed by atoms with van der Waals surface area (Å²) in [7, 11) is 0. The highest BCUT2D eigenvalue weighted by molar-refractivity contribution is 5.87. The van der Waals surface area contributed by atoms with Gasteiger partial charge in [0, 0.05) is 5.92 Å². The van der Waals surface area contributed by atoms with Crippen molar-refractivity contribution in [3.8, 4) is 0 Å². The summed E-state index contributed by atoms with van der Waals surface area (Å²) in [6, 6.07) is 12.3. The van der Waals surface area contributed by atoms with Crippen molar-refractivity contribution in [1.82, 2.24) is 0 Å². The second-order valence-corrected chi connectivity index (χ2v) is 5.68. The molecule has 0 radical (unpaired) electrons. The van der Waals surface area contributed by atoms with E-state index >= 15 is 0 Å². The second-order valence-electron chi connectivity index (χ2n) is 5.68. The Morgan fingerprint density at radius 1 is 1.21 bits per heavy atom. The molecule has 0 bridgehead atoms. The van der Waals surface area contributed by atoms with Crippen molar-refractivity contribution in [1.29, 1.82) is 0 Å². The number of benzene rings is 1. The summed E-state index contributed by atoms with van der Waals surface area (Å²) >= 11 is 0. The van der Waals surface area contributed by atoms with Crippen molar-refractivity contribution < 1.29 is 9.21 Å². The van der Waals surface area contributed by atoms with E-state index in [1.807, 2.05) is 12.1 Å². The number of rotatable bonds is 3. The Bertz CT molecular complexity index is 612. The van der Waals surface area contributed by atoms with Gasteiger partial charge in [-0.2, -0.15) is 0 Å². The van der Waals surface area contributed by atoms with Crippen LogP contribution < -0.4 is 0 Å². The quantitative estimate of drug-likeness (QED) is 0.838. The summed E-state index contributed by atoms with van der Waals surface area (Å²) in [5, 5.41) is 0. The van der Waals surface area contributed by atoms with Crippen LogP contribution in [0.15, 0.2) is 47.1 Å². The number of Topliss-reactive ketones (excluding diaryl/α,β-unsaturated/α-hetero) is 1. The Morgan fingerprint density at radius 3 is 2.95 bits per heavy atom. The number of furan rings is 1. The van der Waals surface area contributed by atoms with Crippen LogP contribution in [-0.2, 0) is 17.6 Å². The van der Waals surface area contributed by atoms with Crippen LogP contribution in [0.25, 0.3) is 0 Å². The molecule has 2 heteroatoms. The molecule has 2 nitrogen and oxygen atoms in total. The number of hydrogen-bond acceptors (Lipinski definition) is 2. The fraction of sp³-hybridized carbons (Fsp3) is 0.353. The molecule has 4 rings (SSSR count). The van der Waals surface area contributed by atoms with Gasteiger partial charge >= 0.3 is 0 Å². The Labute approximate surface area is 112 Å². The Hall–Kier alpha value is -1.83. The Kier molecular flexibility index (Phi) is 2.37. The van der Waals surface area contributed by atoms with Crippen molar-refractivity contribution in [2.24, 2.45) is 11.8 Å². The maximum Gasteiger partial charge on any atom is 0.144 e. The molecule has 3 unspecified atom stereocenters. The molecule has 0 N–H and O–H groups in total. The van der Waals surface area contributed by atoms with E-state index in [-0.39, 0.29) is 5.92 Å². The number of ketones is 1. The molecule has 19 heavy (non-hydrogen) atoms. The third-order valence-corrected chi connectivity index (χ3v) is 4.63. The zero-order valence-electron chi connectivity index (χ0n) is 10.7. The third kappa shape index (κ3) is 1.74.